The SMILES string of the molecule is CC(C)(C)OC(=O)CN(C(=O)c1c(F)cccc1F)c1cccc(-c2ccc(C(C)(F)F)c(Cl)c2)c1.Cc1cc(F)ccc1-c1cccc(N(CC(=O)OC(C)(C)C)C(=O)c2c(F)cccc2F)c1.Cc1ccc(-c2cccc(N(CC(=O)OC(C)(C)C)C(=O)c3c(F)cccc3F)c2)cc1.Cc1ccc(-c2cccc(N(CC(=O)OC(C)(C)C)C(=O)c3c(F)cccc3F)c2)cc1F. The summed E-state index contributed by atoms with van der Waals surface area (Å²) < 4.78 is 191. The Kier molecular flexibility index (Phi) is 34.0. The topological polar surface area (TPSA) is 186 Å². The highest BCUT2D eigenvalue weighted by molar-refractivity contribution is 6.31. The van der Waals surface area contributed by atoms with E-state index >= 15 is 0 Å². The first-order valence-corrected chi connectivity index (χ1v) is 42.1. The summed E-state index contributed by atoms with van der Waals surface area (Å²) in [6.45, 7) is 23.9. The van der Waals surface area contributed by atoms with Gasteiger partial charge in [-0.3, -0.25) is 58.0 Å². The molecule has 0 N–H and O–H groups in total. The predicted octanol–water partition coefficient (Wildman–Crippen LogP) is 25.4. The van der Waals surface area contributed by atoms with E-state index in [0.29, 0.717) is 50.2 Å². The zero-order valence-corrected chi connectivity index (χ0v) is 76.9. The molecular formula is C105H97ClF12N4O12. The van der Waals surface area contributed by atoms with E-state index in [1.54, 1.807) is 188 Å². The van der Waals surface area contributed by atoms with Crippen molar-refractivity contribution in [2.24, 2.45) is 0 Å². The highest BCUT2D eigenvalue weighted by Gasteiger charge is 2.35. The largest absolute Gasteiger partial charge is 0.459 e. The molecular weight excluding hydrogens is 1770 g/mol. The third-order valence-corrected chi connectivity index (χ3v) is 19.6. The van der Waals surface area contributed by atoms with Gasteiger partial charge >= 0.3 is 23.9 Å². The number of anilines is 4. The summed E-state index contributed by atoms with van der Waals surface area (Å²) in [5, 5.41) is -0.152. The van der Waals surface area contributed by atoms with E-state index in [2.05, 4.69) is 0 Å². The molecule has 0 saturated carbocycles. The predicted molar refractivity (Wildman–Crippen MR) is 492 cm³/mol. The van der Waals surface area contributed by atoms with Crippen molar-refractivity contribution >= 4 is 81.9 Å². The number of alkyl halides is 2. The molecule has 0 atom stereocenters. The Morgan fingerprint density at radius 1 is 0.276 bits per heavy atom. The number of ether oxygens (including phenoxy) is 4. The van der Waals surface area contributed by atoms with Crippen molar-refractivity contribution in [3.8, 4) is 44.5 Å². The molecule has 0 unspecified atom stereocenters. The Labute approximate surface area is 773 Å². The van der Waals surface area contributed by atoms with Crippen molar-refractivity contribution in [1.82, 2.24) is 0 Å². The average molecular weight is 1870 g/mol. The van der Waals surface area contributed by atoms with Crippen LogP contribution < -0.4 is 19.6 Å². The van der Waals surface area contributed by atoms with E-state index in [4.69, 9.17) is 30.5 Å². The second-order valence-corrected chi connectivity index (χ2v) is 35.3. The molecule has 134 heavy (non-hydrogen) atoms. The maximum Gasteiger partial charge on any atom is 0.326 e. The van der Waals surface area contributed by atoms with Gasteiger partial charge in [0, 0.05) is 35.2 Å². The number of hydrogen-bond acceptors (Lipinski definition) is 12. The van der Waals surface area contributed by atoms with Crippen LogP contribution in [0.1, 0.15) is 154 Å². The van der Waals surface area contributed by atoms with Crippen molar-refractivity contribution in [2.45, 2.75) is 139 Å². The van der Waals surface area contributed by atoms with Crippen LogP contribution >= 0.6 is 11.6 Å². The highest BCUT2D eigenvalue weighted by atomic mass is 35.5. The molecule has 0 aliphatic carbocycles. The summed E-state index contributed by atoms with van der Waals surface area (Å²) in [7, 11) is 0. The molecule has 29 heteroatoms. The van der Waals surface area contributed by atoms with Crippen LogP contribution in [-0.2, 0) is 44.0 Å². The number of hydrogen-bond donors (Lipinski definition) is 0. The molecule has 0 saturated heterocycles. The third-order valence-electron chi connectivity index (χ3n) is 19.3. The molecule has 700 valence electrons. The number of halogens is 13. The average Bonchev–Trinajstić information content (AvgIpc) is 0.807. The number of aryl methyl sites for hydroxylation is 3. The van der Waals surface area contributed by atoms with Crippen LogP contribution in [0.3, 0.4) is 0 Å². The molecule has 12 aromatic carbocycles. The molecule has 12 rings (SSSR count). The zero-order valence-electron chi connectivity index (χ0n) is 76.1. The number of benzene rings is 12. The van der Waals surface area contributed by atoms with Gasteiger partial charge in [-0.2, -0.15) is 0 Å². The fourth-order valence-corrected chi connectivity index (χ4v) is 13.7. The van der Waals surface area contributed by atoms with Gasteiger partial charge in [-0.15, -0.1) is 0 Å². The second kappa shape index (κ2) is 43.9. The first kappa shape index (κ1) is 104. The fraction of sp³-hybridized carbons (Fsp3) is 0.238. The molecule has 0 radical (unpaired) electrons. The minimum Gasteiger partial charge on any atom is -0.459 e. The van der Waals surface area contributed by atoms with E-state index < -0.39 is 177 Å². The van der Waals surface area contributed by atoms with Crippen molar-refractivity contribution < 1.29 is 110 Å². The molecule has 0 fully saturated rings. The van der Waals surface area contributed by atoms with Crippen molar-refractivity contribution in [3.63, 3.8) is 0 Å². The van der Waals surface area contributed by atoms with Gasteiger partial charge in [0.25, 0.3) is 29.6 Å². The zero-order chi connectivity index (χ0) is 99.0. The highest BCUT2D eigenvalue weighted by Crippen LogP contribution is 2.39. The van der Waals surface area contributed by atoms with E-state index in [1.807, 2.05) is 37.3 Å². The van der Waals surface area contributed by atoms with Crippen LogP contribution in [0.4, 0.5) is 75.4 Å². The van der Waals surface area contributed by atoms with Crippen LogP contribution in [-0.4, -0.2) is 96.1 Å². The number of rotatable bonds is 21. The minimum absolute atomic E-state index is 0.132. The lowest BCUT2D eigenvalue weighted by Gasteiger charge is -2.26. The van der Waals surface area contributed by atoms with E-state index in [0.717, 1.165) is 110 Å². The fourth-order valence-electron chi connectivity index (χ4n) is 13.4. The molecule has 12 aromatic rings. The van der Waals surface area contributed by atoms with Gasteiger partial charge < -0.3 is 18.9 Å². The Morgan fingerprint density at radius 2 is 0.537 bits per heavy atom. The molecule has 16 nitrogen and oxygen atoms in total. The first-order valence-electron chi connectivity index (χ1n) is 41.7. The molecule has 4 amide bonds. The van der Waals surface area contributed by atoms with Crippen LogP contribution in [0, 0.1) is 78.9 Å². The molecule has 0 spiro atoms. The molecule has 0 heterocycles. The normalized spacial score (nSPS) is 11.4. The van der Waals surface area contributed by atoms with Gasteiger partial charge in [0.1, 0.15) is 129 Å². The molecule has 0 bridgehead atoms. The summed E-state index contributed by atoms with van der Waals surface area (Å²) in [6, 6.07) is 59.0. The second-order valence-electron chi connectivity index (χ2n) is 34.9. The molecule has 0 aliphatic heterocycles. The van der Waals surface area contributed by atoms with Gasteiger partial charge in [0.05, 0.1) is 5.02 Å². The smallest absolute Gasteiger partial charge is 0.326 e. The Bertz CT molecular complexity index is 6280. The maximum atomic E-state index is 14.4. The van der Waals surface area contributed by atoms with Gasteiger partial charge in [0.2, 0.25) is 0 Å². The van der Waals surface area contributed by atoms with Crippen molar-refractivity contribution in [3.05, 3.63) is 356 Å². The van der Waals surface area contributed by atoms with Crippen LogP contribution in [0.25, 0.3) is 44.5 Å². The quantitative estimate of drug-likeness (QED) is 0.0377. The summed E-state index contributed by atoms with van der Waals surface area (Å²) in [6.07, 6.45) is 0. The monoisotopic (exact) mass is 1870 g/mol. The Morgan fingerprint density at radius 3 is 0.821 bits per heavy atom. The van der Waals surface area contributed by atoms with Crippen molar-refractivity contribution in [1.29, 1.82) is 0 Å². The molecule has 0 aromatic heterocycles. The third kappa shape index (κ3) is 28.7. The summed E-state index contributed by atoms with van der Waals surface area (Å²) in [5.41, 5.74) is 1.45. The van der Waals surface area contributed by atoms with Gasteiger partial charge in [0.15, 0.2) is 0 Å². The lowest BCUT2D eigenvalue weighted by atomic mass is 9.99. The van der Waals surface area contributed by atoms with E-state index in [-0.39, 0.29) is 33.5 Å². The Hall–Kier alpha value is -14.2. The first-order chi connectivity index (χ1) is 62.6. The lowest BCUT2D eigenvalue weighted by Crippen LogP contribution is -2.39. The number of nitrogens with zero attached hydrogens (tertiary/aromatic N) is 4. The number of carbonyl (C=O) groups excluding carboxylic acids is 8. The van der Waals surface area contributed by atoms with Crippen LogP contribution in [0.5, 0.6) is 0 Å². The maximum absolute atomic E-state index is 14.4. The van der Waals surface area contributed by atoms with E-state index in [9.17, 15) is 91.0 Å². The Balaban J connectivity index is 0.000000201. The van der Waals surface area contributed by atoms with Crippen LogP contribution in [0.15, 0.2) is 249 Å². The standard InChI is InChI=1S/C27H24ClF4NO3.2C26H24F3NO3.C26H25F2NO3/c1-26(2,3)36-23(34)15-33(25(35)24-21(29)9-6-10-22(24)30)18-8-5-7-16(13-18)17-11-12-19(20(28)14-17)27(4,31)32;1-16-13-18(27)11-12-20(16)17-7-5-8-19(14-17)30(15-23(31)33-26(2,3)4)25(32)24-21(28)9-6-10-22(24)29;1-16-11-12-18(14-22(16)29)17-7-5-8-19(13-17)30(15-23(31)33-26(2,3)4)25(32)24-20(27)9-6-10-21(24)28;1-17-11-13-18(14-12-17)19-7-5-8-20(15-19)29(16-23(30)32-26(2,3)4)25(31)24-21(27)9-6-10-22(24)28/h5-14H,15H2,1-4H3;2*5-14H,15H2,1-4H3;5-15H,16H2,1-4H3. The van der Waals surface area contributed by atoms with Gasteiger partial charge in [-0.1, -0.05) is 145 Å². The minimum atomic E-state index is -3.14. The summed E-state index contributed by atoms with van der Waals surface area (Å²) in [5.74, 6) is -19.4. The number of esters is 4. The van der Waals surface area contributed by atoms with Crippen molar-refractivity contribution in [2.75, 3.05) is 45.8 Å². The molecule has 0 aliphatic rings. The summed E-state index contributed by atoms with van der Waals surface area (Å²) >= 11 is 6.07. The van der Waals surface area contributed by atoms with E-state index in [1.165, 1.54) is 60.7 Å². The lowest BCUT2D eigenvalue weighted by molar-refractivity contribution is -0.154. The van der Waals surface area contributed by atoms with Gasteiger partial charge in [-0.25, -0.2) is 52.7 Å². The number of amides is 4. The van der Waals surface area contributed by atoms with Gasteiger partial charge in [-0.05, 0) is 281 Å². The summed E-state index contributed by atoms with van der Waals surface area (Å²) in [4.78, 5) is 107. The number of carbonyl (C=O) groups is 8. The van der Waals surface area contributed by atoms with Crippen LogP contribution in [0.2, 0.25) is 5.02 Å².